The van der Waals surface area contributed by atoms with Crippen molar-refractivity contribution in [2.75, 3.05) is 5.88 Å². The highest BCUT2D eigenvalue weighted by Crippen LogP contribution is 2.16. The molecule has 0 aliphatic heterocycles. The van der Waals surface area contributed by atoms with Gasteiger partial charge in [0.1, 0.15) is 0 Å². The fourth-order valence-corrected chi connectivity index (χ4v) is 1.11. The van der Waals surface area contributed by atoms with E-state index in [1.807, 2.05) is 0 Å². The molecule has 1 rings (SSSR count). The Morgan fingerprint density at radius 2 is 2.08 bits per heavy atom. The lowest BCUT2D eigenvalue weighted by Gasteiger charge is -2.01. The van der Waals surface area contributed by atoms with Gasteiger partial charge in [-0.2, -0.15) is 0 Å². The molecule has 0 aliphatic rings. The fraction of sp³-hybridized carbons (Fsp3) is 0.200. The van der Waals surface area contributed by atoms with Gasteiger partial charge >= 0.3 is 0 Å². The van der Waals surface area contributed by atoms with Crippen LogP contribution in [0.25, 0.3) is 6.08 Å². The maximum absolute atomic E-state index is 13.0. The quantitative estimate of drug-likeness (QED) is 0.644. The van der Waals surface area contributed by atoms with Crippen molar-refractivity contribution >= 4 is 17.7 Å². The molecule has 0 atom stereocenters. The predicted molar refractivity (Wildman–Crippen MR) is 50.8 cm³/mol. The first-order valence-electron chi connectivity index (χ1n) is 3.84. The van der Waals surface area contributed by atoms with E-state index >= 15 is 0 Å². The molecule has 0 aliphatic carbocycles. The second-order valence-corrected chi connectivity index (χ2v) is 2.94. The van der Waals surface area contributed by atoms with Crippen molar-refractivity contribution in [2.24, 2.45) is 0 Å². The Bertz CT molecular complexity index is 332. The highest BCUT2D eigenvalue weighted by Gasteiger charge is 2.06. The van der Waals surface area contributed by atoms with Gasteiger partial charge in [0.05, 0.1) is 0 Å². The summed E-state index contributed by atoms with van der Waals surface area (Å²) in [6.45, 7) is 1.53. The van der Waals surface area contributed by atoms with Gasteiger partial charge in [0.2, 0.25) is 0 Å². The van der Waals surface area contributed by atoms with E-state index in [1.165, 1.54) is 13.0 Å². The first-order valence-corrected chi connectivity index (χ1v) is 4.37. The van der Waals surface area contributed by atoms with Crippen LogP contribution in [0.15, 0.2) is 18.2 Å². The molecule has 0 nitrogen and oxygen atoms in total. The van der Waals surface area contributed by atoms with Gasteiger partial charge in [-0.15, -0.1) is 11.6 Å². The molecule has 0 fully saturated rings. The summed E-state index contributed by atoms with van der Waals surface area (Å²) in [7, 11) is 0. The molecule has 0 radical (unpaired) electrons. The zero-order valence-corrected chi connectivity index (χ0v) is 7.91. The van der Waals surface area contributed by atoms with E-state index in [4.69, 9.17) is 11.6 Å². The van der Waals surface area contributed by atoms with E-state index in [0.717, 1.165) is 6.07 Å². The van der Waals surface area contributed by atoms with Crippen LogP contribution in [-0.2, 0) is 0 Å². The van der Waals surface area contributed by atoms with Gasteiger partial charge < -0.3 is 0 Å². The number of halogens is 3. The summed E-state index contributed by atoms with van der Waals surface area (Å²) in [4.78, 5) is 0. The van der Waals surface area contributed by atoms with Crippen LogP contribution in [0.3, 0.4) is 0 Å². The number of hydrogen-bond acceptors (Lipinski definition) is 0. The second kappa shape index (κ2) is 4.38. The second-order valence-electron chi connectivity index (χ2n) is 2.63. The molecule has 0 spiro atoms. The predicted octanol–water partition coefficient (Wildman–Crippen LogP) is 3.53. The molecule has 0 bridgehead atoms. The summed E-state index contributed by atoms with van der Waals surface area (Å²) < 4.78 is 25.6. The van der Waals surface area contributed by atoms with Crippen LogP contribution < -0.4 is 0 Å². The van der Waals surface area contributed by atoms with Crippen molar-refractivity contribution in [1.29, 1.82) is 0 Å². The van der Waals surface area contributed by atoms with Crippen molar-refractivity contribution in [2.45, 2.75) is 6.92 Å². The molecule has 1 aromatic rings. The molecule has 0 unspecified atom stereocenters. The van der Waals surface area contributed by atoms with Gasteiger partial charge in [0, 0.05) is 5.88 Å². The summed E-state index contributed by atoms with van der Waals surface area (Å²) in [5.41, 5.74) is 0.959. The summed E-state index contributed by atoms with van der Waals surface area (Å²) in [5, 5.41) is 0. The minimum atomic E-state index is -0.819. The Kier molecular flexibility index (Phi) is 3.43. The highest BCUT2D eigenvalue weighted by molar-refractivity contribution is 6.19. The maximum Gasteiger partial charge on any atom is 0.162 e. The van der Waals surface area contributed by atoms with Crippen molar-refractivity contribution in [1.82, 2.24) is 0 Å². The number of hydrogen-bond donors (Lipinski definition) is 0. The number of allylic oxidation sites excluding steroid dienone is 1. The lowest BCUT2D eigenvalue weighted by atomic mass is 10.1. The average molecular weight is 203 g/mol. The van der Waals surface area contributed by atoms with Crippen LogP contribution in [0.5, 0.6) is 0 Å². The van der Waals surface area contributed by atoms with Gasteiger partial charge in [-0.1, -0.05) is 18.2 Å². The number of alkyl halides is 1. The minimum Gasteiger partial charge on any atom is -0.204 e. The molecule has 0 saturated heterocycles. The third kappa shape index (κ3) is 2.28. The Morgan fingerprint density at radius 1 is 1.38 bits per heavy atom. The maximum atomic E-state index is 13.0. The van der Waals surface area contributed by atoms with E-state index in [9.17, 15) is 8.78 Å². The van der Waals surface area contributed by atoms with Gasteiger partial charge in [0.15, 0.2) is 11.6 Å². The molecular weight excluding hydrogens is 194 g/mol. The molecular formula is C10H9ClF2. The Hall–Kier alpha value is -0.890. The van der Waals surface area contributed by atoms with E-state index < -0.39 is 11.6 Å². The summed E-state index contributed by atoms with van der Waals surface area (Å²) in [6.07, 6.45) is 3.35. The third-order valence-electron chi connectivity index (χ3n) is 1.77. The summed E-state index contributed by atoms with van der Waals surface area (Å²) >= 11 is 5.42. The molecule has 70 valence electrons. The Morgan fingerprint density at radius 3 is 2.69 bits per heavy atom. The standard InChI is InChI=1S/C10H9ClF2/c1-7-8(3-2-6-11)4-5-9(12)10(7)13/h2-5H,6H2,1H3. The van der Waals surface area contributed by atoms with Crippen molar-refractivity contribution in [3.8, 4) is 0 Å². The van der Waals surface area contributed by atoms with Crippen LogP contribution in [0.4, 0.5) is 8.78 Å². The zero-order valence-electron chi connectivity index (χ0n) is 7.15. The van der Waals surface area contributed by atoms with Gasteiger partial charge in [-0.25, -0.2) is 8.78 Å². The average Bonchev–Trinajstić information content (AvgIpc) is 2.13. The van der Waals surface area contributed by atoms with Crippen LogP contribution in [-0.4, -0.2) is 5.88 Å². The first kappa shape index (κ1) is 10.2. The monoisotopic (exact) mass is 202 g/mol. The van der Waals surface area contributed by atoms with E-state index in [-0.39, 0.29) is 0 Å². The van der Waals surface area contributed by atoms with Gasteiger partial charge in [0.25, 0.3) is 0 Å². The Balaban J connectivity index is 3.11. The van der Waals surface area contributed by atoms with Crippen LogP contribution in [0.2, 0.25) is 0 Å². The van der Waals surface area contributed by atoms with Gasteiger partial charge in [-0.3, -0.25) is 0 Å². The van der Waals surface area contributed by atoms with Crippen molar-refractivity contribution in [3.63, 3.8) is 0 Å². The Labute approximate surface area is 80.8 Å². The van der Waals surface area contributed by atoms with Crippen LogP contribution >= 0.6 is 11.6 Å². The molecule has 0 heterocycles. The molecule has 1 aromatic carbocycles. The normalized spacial score (nSPS) is 11.1. The van der Waals surface area contributed by atoms with Crippen LogP contribution in [0.1, 0.15) is 11.1 Å². The van der Waals surface area contributed by atoms with E-state index in [2.05, 4.69) is 0 Å². The summed E-state index contributed by atoms with van der Waals surface area (Å²) in [6, 6.07) is 2.63. The fourth-order valence-electron chi connectivity index (χ4n) is 1.02. The molecule has 13 heavy (non-hydrogen) atoms. The van der Waals surface area contributed by atoms with Crippen molar-refractivity contribution in [3.05, 3.63) is 41.0 Å². The van der Waals surface area contributed by atoms with Crippen LogP contribution in [0, 0.1) is 18.6 Å². The van der Waals surface area contributed by atoms with Crippen molar-refractivity contribution < 1.29 is 8.78 Å². The SMILES string of the molecule is Cc1c(C=CCCl)ccc(F)c1F. The molecule has 0 amide bonds. The first-order chi connectivity index (χ1) is 6.16. The van der Waals surface area contributed by atoms with E-state index in [1.54, 1.807) is 12.2 Å². The topological polar surface area (TPSA) is 0 Å². The minimum absolute atomic E-state index is 0.307. The van der Waals surface area contributed by atoms with Gasteiger partial charge in [-0.05, 0) is 24.1 Å². The lowest BCUT2D eigenvalue weighted by molar-refractivity contribution is 0.503. The summed E-state index contributed by atoms with van der Waals surface area (Å²) in [5.74, 6) is -1.25. The molecule has 0 saturated carbocycles. The zero-order chi connectivity index (χ0) is 9.84. The largest absolute Gasteiger partial charge is 0.204 e. The number of rotatable bonds is 2. The molecule has 3 heteroatoms. The number of benzene rings is 1. The third-order valence-corrected chi connectivity index (χ3v) is 1.95. The lowest BCUT2D eigenvalue weighted by Crippen LogP contribution is -1.91. The molecule has 0 aromatic heterocycles. The smallest absolute Gasteiger partial charge is 0.162 e. The molecule has 0 N–H and O–H groups in total. The van der Waals surface area contributed by atoms with E-state index in [0.29, 0.717) is 17.0 Å². The highest BCUT2D eigenvalue weighted by atomic mass is 35.5.